The second kappa shape index (κ2) is 5.14. The predicted molar refractivity (Wildman–Crippen MR) is 76.1 cm³/mol. The molecule has 1 amide bonds. The summed E-state index contributed by atoms with van der Waals surface area (Å²) in [5.74, 6) is 0.397. The van der Waals surface area contributed by atoms with Crippen molar-refractivity contribution in [2.24, 2.45) is 0 Å². The van der Waals surface area contributed by atoms with E-state index in [0.717, 1.165) is 11.4 Å². The maximum atomic E-state index is 12.2. The molecule has 1 aromatic heterocycles. The summed E-state index contributed by atoms with van der Waals surface area (Å²) in [6.45, 7) is 5.54. The summed E-state index contributed by atoms with van der Waals surface area (Å²) in [4.78, 5) is 12.2. The molecular formula is C14H18N4O. The molecule has 100 valence electrons. The van der Waals surface area contributed by atoms with Crippen LogP contribution < -0.4 is 10.6 Å². The molecule has 5 nitrogen and oxygen atoms in total. The van der Waals surface area contributed by atoms with E-state index in [9.17, 15) is 4.79 Å². The minimum Gasteiger partial charge on any atom is -0.372 e. The van der Waals surface area contributed by atoms with Gasteiger partial charge in [-0.25, -0.2) is 0 Å². The van der Waals surface area contributed by atoms with Crippen molar-refractivity contribution in [2.75, 3.05) is 10.6 Å². The number of nitrogens with one attached hydrogen (secondary N) is 3. The highest BCUT2D eigenvalue weighted by atomic mass is 16.2. The third kappa shape index (κ3) is 3.34. The Bertz CT molecular complexity index is 560. The minimum atomic E-state index is -0.728. The molecule has 0 aliphatic rings. The fraction of sp³-hybridized carbons (Fsp3) is 0.286. The van der Waals surface area contributed by atoms with Gasteiger partial charge in [0.2, 0.25) is 0 Å². The number of anilines is 2. The number of hydrogen-bond acceptors (Lipinski definition) is 3. The molecule has 0 atom stereocenters. The smallest absolute Gasteiger partial charge is 0.250 e. The molecule has 2 aromatic rings. The van der Waals surface area contributed by atoms with Crippen molar-refractivity contribution >= 4 is 17.4 Å². The first-order chi connectivity index (χ1) is 8.97. The summed E-state index contributed by atoms with van der Waals surface area (Å²) in [5, 5.41) is 12.8. The van der Waals surface area contributed by atoms with Crippen LogP contribution in [0, 0.1) is 6.92 Å². The molecule has 1 heterocycles. The summed E-state index contributed by atoms with van der Waals surface area (Å²) in [6, 6.07) is 11.4. The number of amides is 1. The minimum absolute atomic E-state index is 0.136. The van der Waals surface area contributed by atoms with Crippen molar-refractivity contribution in [3.05, 3.63) is 42.1 Å². The zero-order valence-corrected chi connectivity index (χ0v) is 11.3. The fourth-order valence-electron chi connectivity index (χ4n) is 1.69. The van der Waals surface area contributed by atoms with Crippen LogP contribution in [0.1, 0.15) is 19.5 Å². The molecule has 0 aliphatic heterocycles. The lowest BCUT2D eigenvalue weighted by Gasteiger charge is -2.25. The van der Waals surface area contributed by atoms with Gasteiger partial charge in [-0.15, -0.1) is 0 Å². The first kappa shape index (κ1) is 13.1. The number of hydrogen-bond donors (Lipinski definition) is 3. The lowest BCUT2D eigenvalue weighted by molar-refractivity contribution is -0.119. The second-order valence-electron chi connectivity index (χ2n) is 5.01. The van der Waals surface area contributed by atoms with E-state index in [0.29, 0.717) is 5.82 Å². The maximum absolute atomic E-state index is 12.2. The highest BCUT2D eigenvalue weighted by molar-refractivity contribution is 5.98. The van der Waals surface area contributed by atoms with E-state index < -0.39 is 5.54 Å². The van der Waals surface area contributed by atoms with Gasteiger partial charge in [0, 0.05) is 17.4 Å². The molecule has 0 radical (unpaired) electrons. The Morgan fingerprint density at radius 3 is 2.53 bits per heavy atom. The number of aromatic nitrogens is 2. The molecule has 0 unspecified atom stereocenters. The Labute approximate surface area is 112 Å². The van der Waals surface area contributed by atoms with Gasteiger partial charge >= 0.3 is 0 Å². The molecule has 5 heteroatoms. The van der Waals surface area contributed by atoms with Crippen molar-refractivity contribution in [2.45, 2.75) is 26.3 Å². The normalized spacial score (nSPS) is 11.1. The van der Waals surface area contributed by atoms with E-state index >= 15 is 0 Å². The number of rotatable bonds is 4. The summed E-state index contributed by atoms with van der Waals surface area (Å²) >= 11 is 0. The molecule has 0 bridgehead atoms. The molecular weight excluding hydrogens is 240 g/mol. The lowest BCUT2D eigenvalue weighted by atomic mass is 10.0. The Kier molecular flexibility index (Phi) is 3.55. The van der Waals surface area contributed by atoms with E-state index in [2.05, 4.69) is 20.8 Å². The predicted octanol–water partition coefficient (Wildman–Crippen LogP) is 2.55. The Morgan fingerprint density at radius 1 is 1.26 bits per heavy atom. The number of carbonyl (C=O) groups is 1. The first-order valence-corrected chi connectivity index (χ1v) is 6.14. The molecule has 0 saturated carbocycles. The van der Waals surface area contributed by atoms with E-state index in [1.165, 1.54) is 0 Å². The van der Waals surface area contributed by atoms with E-state index in [4.69, 9.17) is 0 Å². The van der Waals surface area contributed by atoms with Gasteiger partial charge in [-0.05, 0) is 32.9 Å². The number of H-pyrrole nitrogens is 1. The van der Waals surface area contributed by atoms with Crippen LogP contribution in [0.25, 0.3) is 0 Å². The molecule has 2 rings (SSSR count). The van der Waals surface area contributed by atoms with Gasteiger partial charge < -0.3 is 10.6 Å². The molecule has 0 aliphatic carbocycles. The third-order valence-electron chi connectivity index (χ3n) is 2.75. The van der Waals surface area contributed by atoms with Crippen molar-refractivity contribution in [1.29, 1.82) is 0 Å². The van der Waals surface area contributed by atoms with Crippen LogP contribution in [-0.4, -0.2) is 21.6 Å². The topological polar surface area (TPSA) is 69.8 Å². The van der Waals surface area contributed by atoms with Crippen LogP contribution in [-0.2, 0) is 4.79 Å². The molecule has 3 N–H and O–H groups in total. The van der Waals surface area contributed by atoms with E-state index in [1.807, 2.05) is 51.1 Å². The fourth-order valence-corrected chi connectivity index (χ4v) is 1.69. The van der Waals surface area contributed by atoms with Gasteiger partial charge in [0.1, 0.15) is 5.54 Å². The number of nitrogens with zero attached hydrogens (tertiary/aromatic N) is 1. The second-order valence-corrected chi connectivity index (χ2v) is 5.01. The lowest BCUT2D eigenvalue weighted by Crippen LogP contribution is -2.44. The van der Waals surface area contributed by atoms with Gasteiger partial charge in [0.25, 0.3) is 5.91 Å². The molecule has 19 heavy (non-hydrogen) atoms. The zero-order valence-electron chi connectivity index (χ0n) is 11.3. The average molecular weight is 258 g/mol. The summed E-state index contributed by atoms with van der Waals surface area (Å²) in [6.07, 6.45) is 0. The van der Waals surface area contributed by atoms with Crippen LogP contribution in [0.5, 0.6) is 0 Å². The standard InChI is InChI=1S/C14H18N4O/c1-10-9-12(18-17-10)15-13(19)14(2,3)16-11-7-5-4-6-8-11/h4-9,16H,1-3H3,(H2,15,17,18,19). The monoisotopic (exact) mass is 258 g/mol. The number of para-hydroxylation sites is 1. The van der Waals surface area contributed by atoms with Crippen molar-refractivity contribution in [3.8, 4) is 0 Å². The van der Waals surface area contributed by atoms with Gasteiger partial charge in [0.15, 0.2) is 5.82 Å². The molecule has 0 fully saturated rings. The van der Waals surface area contributed by atoms with Crippen LogP contribution in [0.15, 0.2) is 36.4 Å². The Balaban J connectivity index is 2.04. The van der Waals surface area contributed by atoms with Crippen molar-refractivity contribution in [1.82, 2.24) is 10.2 Å². The summed E-state index contributed by atoms with van der Waals surface area (Å²) in [5.41, 5.74) is 1.08. The number of carbonyl (C=O) groups excluding carboxylic acids is 1. The van der Waals surface area contributed by atoms with Gasteiger partial charge in [-0.2, -0.15) is 5.10 Å². The van der Waals surface area contributed by atoms with Crippen LogP contribution in [0.3, 0.4) is 0 Å². The van der Waals surface area contributed by atoms with E-state index in [-0.39, 0.29) is 5.91 Å². The molecule has 1 aromatic carbocycles. The Hall–Kier alpha value is -2.30. The molecule has 0 saturated heterocycles. The number of aromatic amines is 1. The van der Waals surface area contributed by atoms with Gasteiger partial charge in [0.05, 0.1) is 0 Å². The third-order valence-corrected chi connectivity index (χ3v) is 2.75. The van der Waals surface area contributed by atoms with Gasteiger partial charge in [-0.3, -0.25) is 9.89 Å². The van der Waals surface area contributed by atoms with Gasteiger partial charge in [-0.1, -0.05) is 18.2 Å². The number of aryl methyl sites for hydroxylation is 1. The maximum Gasteiger partial charge on any atom is 0.250 e. The zero-order chi connectivity index (χ0) is 13.9. The van der Waals surface area contributed by atoms with Crippen LogP contribution in [0.2, 0.25) is 0 Å². The molecule has 0 spiro atoms. The SMILES string of the molecule is Cc1cc(NC(=O)C(C)(C)Nc2ccccc2)n[nH]1. The average Bonchev–Trinajstić information content (AvgIpc) is 2.75. The summed E-state index contributed by atoms with van der Waals surface area (Å²) in [7, 11) is 0. The quantitative estimate of drug-likeness (QED) is 0.789. The summed E-state index contributed by atoms with van der Waals surface area (Å²) < 4.78 is 0. The highest BCUT2D eigenvalue weighted by Gasteiger charge is 2.27. The van der Waals surface area contributed by atoms with E-state index in [1.54, 1.807) is 6.07 Å². The Morgan fingerprint density at radius 2 is 1.95 bits per heavy atom. The number of benzene rings is 1. The largest absolute Gasteiger partial charge is 0.372 e. The van der Waals surface area contributed by atoms with Crippen molar-refractivity contribution < 1.29 is 4.79 Å². The van der Waals surface area contributed by atoms with Crippen molar-refractivity contribution in [3.63, 3.8) is 0 Å². The van der Waals surface area contributed by atoms with Crippen LogP contribution >= 0.6 is 0 Å². The first-order valence-electron chi connectivity index (χ1n) is 6.14. The van der Waals surface area contributed by atoms with Crippen LogP contribution in [0.4, 0.5) is 11.5 Å². The highest BCUT2D eigenvalue weighted by Crippen LogP contribution is 2.16.